The highest BCUT2D eigenvalue weighted by Gasteiger charge is 2.22. The second-order valence-corrected chi connectivity index (χ2v) is 26.8. The molecule has 6 heterocycles. The Labute approximate surface area is 610 Å². The highest BCUT2D eigenvalue weighted by Crippen LogP contribution is 2.42. The second-order valence-electron chi connectivity index (χ2n) is 26.8. The van der Waals surface area contributed by atoms with Crippen LogP contribution in [0.3, 0.4) is 0 Å². The zero-order chi connectivity index (χ0) is 70.0. The molecule has 0 saturated carbocycles. The van der Waals surface area contributed by atoms with Crippen LogP contribution < -0.4 is 0 Å². The van der Waals surface area contributed by atoms with Crippen molar-refractivity contribution in [3.63, 3.8) is 0 Å². The van der Waals surface area contributed by atoms with Crippen molar-refractivity contribution >= 4 is 87.2 Å². The predicted octanol–water partition coefficient (Wildman–Crippen LogP) is 24.4. The summed E-state index contributed by atoms with van der Waals surface area (Å²) in [7, 11) is 0. The number of fused-ring (bicyclic) bond motifs is 12. The molecule has 0 N–H and O–H groups in total. The highest BCUT2D eigenvalue weighted by atomic mass is 15.2. The lowest BCUT2D eigenvalue weighted by atomic mass is 10.0. The fourth-order valence-electron chi connectivity index (χ4n) is 15.6. The number of benzene rings is 15. The summed E-state index contributed by atoms with van der Waals surface area (Å²) in [5.41, 5.74) is 23.9. The number of rotatable bonds is 11. The van der Waals surface area contributed by atoms with Gasteiger partial charge in [-0.2, -0.15) is 0 Å². The average Bonchev–Trinajstić information content (AvgIpc) is 1.59. The molecule has 496 valence electrons. The van der Waals surface area contributed by atoms with Gasteiger partial charge in [-0.25, -0.2) is 24.9 Å². The molecule has 0 atom stereocenters. The number of hydrogen-bond acceptors (Lipinski definition) is 5. The van der Waals surface area contributed by atoms with E-state index in [1.165, 1.54) is 76.3 Å². The van der Waals surface area contributed by atoms with E-state index >= 15 is 0 Å². The van der Waals surface area contributed by atoms with Gasteiger partial charge in [0, 0.05) is 88.0 Å². The molecule has 21 aromatic rings. The van der Waals surface area contributed by atoms with E-state index in [2.05, 4.69) is 328 Å². The molecule has 9 heteroatoms. The van der Waals surface area contributed by atoms with Crippen molar-refractivity contribution in [1.82, 2.24) is 43.2 Å². The SMILES string of the molecule is c1ccc(-c2cc(-c3ccccc3)nc(-n3c4ccccc4c4ccc(-c5ccc6c(c5)c5ccccc5n6-c5ccccc5)cc43)n2)cc1.c1ccc(-c2nc(-c3ccccc3)nc(-c3cccc(-n4c5ccccc5c5cc(-c6cccc(-n7c8ccccc8c8ccccc87)c6)ccc54)c3)n2)cc1. The van der Waals surface area contributed by atoms with E-state index in [1.807, 2.05) is 72.8 Å². The molecule has 6 aromatic heterocycles. The molecule has 0 spiro atoms. The van der Waals surface area contributed by atoms with E-state index in [0.29, 0.717) is 23.4 Å². The first-order valence-electron chi connectivity index (χ1n) is 35.8. The summed E-state index contributed by atoms with van der Waals surface area (Å²) in [5, 5.41) is 9.73. The molecule has 0 radical (unpaired) electrons. The largest absolute Gasteiger partial charge is 0.309 e. The normalized spacial score (nSPS) is 11.6. The molecule has 106 heavy (non-hydrogen) atoms. The Morgan fingerprint density at radius 3 is 0.896 bits per heavy atom. The van der Waals surface area contributed by atoms with Gasteiger partial charge in [0.25, 0.3) is 0 Å². The molecular formula is C97H63N9. The van der Waals surface area contributed by atoms with Crippen LogP contribution in [0.25, 0.3) is 189 Å². The summed E-state index contributed by atoms with van der Waals surface area (Å²) >= 11 is 0. The van der Waals surface area contributed by atoms with Crippen molar-refractivity contribution in [2.75, 3.05) is 0 Å². The summed E-state index contributed by atoms with van der Waals surface area (Å²) in [4.78, 5) is 25.4. The minimum absolute atomic E-state index is 0.630. The lowest BCUT2D eigenvalue weighted by Crippen LogP contribution is -2.04. The van der Waals surface area contributed by atoms with Crippen LogP contribution in [0.15, 0.2) is 382 Å². The topological polar surface area (TPSA) is 84.2 Å². The highest BCUT2D eigenvalue weighted by molar-refractivity contribution is 6.14. The molecular weight excluding hydrogens is 1290 g/mol. The summed E-state index contributed by atoms with van der Waals surface area (Å²) in [6.45, 7) is 0. The van der Waals surface area contributed by atoms with Crippen LogP contribution in [0.2, 0.25) is 0 Å². The third-order valence-corrected chi connectivity index (χ3v) is 20.5. The Morgan fingerprint density at radius 1 is 0.151 bits per heavy atom. The Kier molecular flexibility index (Phi) is 15.0. The lowest BCUT2D eigenvalue weighted by molar-refractivity contribution is 0.996. The molecule has 0 bridgehead atoms. The maximum Gasteiger partial charge on any atom is 0.235 e. The molecule has 0 saturated heterocycles. The summed E-state index contributed by atoms with van der Waals surface area (Å²) in [6, 6.07) is 135. The van der Waals surface area contributed by atoms with Gasteiger partial charge in [0.2, 0.25) is 5.95 Å². The first-order valence-corrected chi connectivity index (χ1v) is 35.8. The van der Waals surface area contributed by atoms with Gasteiger partial charge in [0.1, 0.15) is 0 Å². The fourth-order valence-corrected chi connectivity index (χ4v) is 15.6. The minimum atomic E-state index is 0.630. The van der Waals surface area contributed by atoms with Gasteiger partial charge in [-0.05, 0) is 125 Å². The first kappa shape index (κ1) is 61.5. The van der Waals surface area contributed by atoms with Crippen LogP contribution >= 0.6 is 0 Å². The third kappa shape index (κ3) is 10.8. The number of nitrogens with zero attached hydrogens (tertiary/aromatic N) is 9. The Hall–Kier alpha value is -14.4. The molecule has 0 amide bonds. The maximum absolute atomic E-state index is 5.23. The van der Waals surface area contributed by atoms with Gasteiger partial charge >= 0.3 is 0 Å². The van der Waals surface area contributed by atoms with E-state index in [4.69, 9.17) is 24.9 Å². The van der Waals surface area contributed by atoms with Gasteiger partial charge in [0.15, 0.2) is 17.5 Å². The molecule has 0 fully saturated rings. The molecule has 0 unspecified atom stereocenters. The van der Waals surface area contributed by atoms with E-state index in [0.717, 1.165) is 89.5 Å². The van der Waals surface area contributed by atoms with Gasteiger partial charge in [-0.3, -0.25) is 4.57 Å². The first-order chi connectivity index (χ1) is 52.6. The van der Waals surface area contributed by atoms with Gasteiger partial charge < -0.3 is 13.7 Å². The van der Waals surface area contributed by atoms with Crippen LogP contribution in [-0.2, 0) is 0 Å². The van der Waals surface area contributed by atoms with E-state index < -0.39 is 0 Å². The molecule has 0 aliphatic heterocycles. The van der Waals surface area contributed by atoms with Crippen molar-refractivity contribution in [3.8, 4) is 102 Å². The molecule has 21 rings (SSSR count). The Bertz CT molecular complexity index is 6770. The number of para-hydroxylation sites is 6. The van der Waals surface area contributed by atoms with Crippen LogP contribution in [0.5, 0.6) is 0 Å². The number of aromatic nitrogens is 9. The van der Waals surface area contributed by atoms with Crippen molar-refractivity contribution < 1.29 is 0 Å². The van der Waals surface area contributed by atoms with Crippen LogP contribution in [0, 0.1) is 0 Å². The zero-order valence-corrected chi connectivity index (χ0v) is 57.4. The molecule has 0 aliphatic carbocycles. The summed E-state index contributed by atoms with van der Waals surface area (Å²) in [6.07, 6.45) is 0. The van der Waals surface area contributed by atoms with Crippen molar-refractivity contribution in [2.24, 2.45) is 0 Å². The third-order valence-electron chi connectivity index (χ3n) is 20.5. The average molecular weight is 1350 g/mol. The Morgan fingerprint density at radius 2 is 0.443 bits per heavy atom. The van der Waals surface area contributed by atoms with E-state index in [1.54, 1.807) is 0 Å². The summed E-state index contributed by atoms with van der Waals surface area (Å²) in [5.74, 6) is 2.57. The predicted molar refractivity (Wildman–Crippen MR) is 437 cm³/mol. The monoisotopic (exact) mass is 1350 g/mol. The van der Waals surface area contributed by atoms with E-state index in [9.17, 15) is 0 Å². The van der Waals surface area contributed by atoms with Crippen LogP contribution in [-0.4, -0.2) is 43.2 Å². The molecule has 9 nitrogen and oxygen atoms in total. The van der Waals surface area contributed by atoms with Gasteiger partial charge in [-0.15, -0.1) is 0 Å². The number of hydrogen-bond donors (Lipinski definition) is 0. The minimum Gasteiger partial charge on any atom is -0.309 e. The quantitative estimate of drug-likeness (QED) is 0.129. The smallest absolute Gasteiger partial charge is 0.235 e. The standard InChI is InChI=1S/C51H33N5.C46H30N4/c1-3-15-34(16-4-1)49-52-50(35-17-5-2-6-18-35)54-51(53-49)38-20-14-22-40(32-38)56-47-28-12-9-25-43(47)44-33-37(29-30-48(44)56)36-19-13-21-39(31-36)55-45-26-10-7-23-41(45)42-24-8-11-27-46(42)55;1-4-14-31(15-5-1)40-30-41(32-16-6-2-7-17-32)48-46(47-40)50-43-23-13-10-20-36(43)38-26-24-34(29-45(38)50)33-25-27-44-39(28-33)37-21-11-12-22-42(37)49(44)35-18-8-3-9-19-35/h1-33H;1-30H. The van der Waals surface area contributed by atoms with Crippen molar-refractivity contribution in [1.29, 1.82) is 0 Å². The molecule has 0 aliphatic rings. The van der Waals surface area contributed by atoms with Gasteiger partial charge in [0.05, 0.1) is 55.5 Å². The fraction of sp³-hybridized carbons (Fsp3) is 0. The van der Waals surface area contributed by atoms with Crippen molar-refractivity contribution in [2.45, 2.75) is 0 Å². The maximum atomic E-state index is 5.23. The second kappa shape index (κ2) is 25.9. The van der Waals surface area contributed by atoms with E-state index in [-0.39, 0.29) is 0 Å². The Balaban J connectivity index is 0.000000141. The zero-order valence-electron chi connectivity index (χ0n) is 57.4. The molecule has 15 aromatic carbocycles. The van der Waals surface area contributed by atoms with Crippen LogP contribution in [0.4, 0.5) is 0 Å². The lowest BCUT2D eigenvalue weighted by Gasteiger charge is -2.12. The summed E-state index contributed by atoms with van der Waals surface area (Å²) < 4.78 is 9.32. The van der Waals surface area contributed by atoms with Gasteiger partial charge in [-0.1, -0.05) is 279 Å². The van der Waals surface area contributed by atoms with Crippen molar-refractivity contribution in [3.05, 3.63) is 382 Å². The van der Waals surface area contributed by atoms with Crippen LogP contribution in [0.1, 0.15) is 0 Å².